The monoisotopic (exact) mass is 259 g/mol. The average Bonchev–Trinajstić information content (AvgIpc) is 2.54. The minimum atomic E-state index is -0.590. The van der Waals surface area contributed by atoms with Gasteiger partial charge in [-0.25, -0.2) is 4.39 Å². The summed E-state index contributed by atoms with van der Waals surface area (Å²) in [6.07, 6.45) is 0. The van der Waals surface area contributed by atoms with Crippen molar-refractivity contribution in [2.75, 3.05) is 5.73 Å². The van der Waals surface area contributed by atoms with Gasteiger partial charge in [0.2, 0.25) is 0 Å². The van der Waals surface area contributed by atoms with Crippen molar-refractivity contribution < 1.29 is 4.39 Å². The third-order valence-electron chi connectivity index (χ3n) is 2.22. The Labute approximate surface area is 102 Å². The number of nitrogen functional groups attached to an aromatic ring is 1. The molecule has 16 heavy (non-hydrogen) atoms. The molecule has 0 radical (unpaired) electrons. The summed E-state index contributed by atoms with van der Waals surface area (Å²) >= 11 is 11.6. The van der Waals surface area contributed by atoms with Crippen molar-refractivity contribution in [1.29, 1.82) is 0 Å². The molecule has 1 heterocycles. The number of nitrogens with two attached hydrogens (primary N) is 1. The molecular formula is C10H8Cl2FN3. The van der Waals surface area contributed by atoms with Crippen LogP contribution in [0.5, 0.6) is 0 Å². The van der Waals surface area contributed by atoms with Gasteiger partial charge in [0.15, 0.2) is 5.82 Å². The van der Waals surface area contributed by atoms with Crippen LogP contribution < -0.4 is 5.73 Å². The van der Waals surface area contributed by atoms with Crippen molar-refractivity contribution in [3.63, 3.8) is 0 Å². The average molecular weight is 260 g/mol. The van der Waals surface area contributed by atoms with Crippen molar-refractivity contribution in [1.82, 2.24) is 9.78 Å². The Morgan fingerprint density at radius 3 is 2.50 bits per heavy atom. The maximum absolute atomic E-state index is 13.8. The van der Waals surface area contributed by atoms with Gasteiger partial charge in [-0.3, -0.25) is 4.68 Å². The maximum Gasteiger partial charge on any atom is 0.152 e. The summed E-state index contributed by atoms with van der Waals surface area (Å²) < 4.78 is 15.2. The van der Waals surface area contributed by atoms with Gasteiger partial charge in [0, 0.05) is 13.1 Å². The van der Waals surface area contributed by atoms with Crippen molar-refractivity contribution in [2.24, 2.45) is 7.05 Å². The van der Waals surface area contributed by atoms with E-state index in [1.807, 2.05) is 0 Å². The van der Waals surface area contributed by atoms with Crippen LogP contribution in [0.2, 0.25) is 10.0 Å². The number of benzene rings is 1. The summed E-state index contributed by atoms with van der Waals surface area (Å²) in [4.78, 5) is 0. The predicted octanol–water partition coefficient (Wildman–Crippen LogP) is 3.12. The van der Waals surface area contributed by atoms with E-state index in [0.29, 0.717) is 11.5 Å². The molecule has 2 aromatic rings. The molecule has 0 aliphatic heterocycles. The summed E-state index contributed by atoms with van der Waals surface area (Å²) in [6, 6.07) is 4.46. The molecule has 0 fully saturated rings. The van der Waals surface area contributed by atoms with Crippen LogP contribution in [0.25, 0.3) is 11.3 Å². The summed E-state index contributed by atoms with van der Waals surface area (Å²) in [5.74, 6) is -0.169. The minimum Gasteiger partial charge on any atom is -0.384 e. The first kappa shape index (κ1) is 11.2. The fourth-order valence-corrected chi connectivity index (χ4v) is 1.77. The number of anilines is 1. The number of halogens is 3. The Bertz CT molecular complexity index is 532. The van der Waals surface area contributed by atoms with Crippen LogP contribution in [0.3, 0.4) is 0 Å². The van der Waals surface area contributed by atoms with Gasteiger partial charge in [-0.1, -0.05) is 23.2 Å². The molecule has 0 amide bonds. The Morgan fingerprint density at radius 2 is 1.94 bits per heavy atom. The van der Waals surface area contributed by atoms with Crippen LogP contribution in [0, 0.1) is 5.82 Å². The number of nitrogens with zero attached hydrogens (tertiary/aromatic N) is 2. The number of hydrogen-bond acceptors (Lipinski definition) is 2. The van der Waals surface area contributed by atoms with Crippen LogP contribution in [0.4, 0.5) is 10.2 Å². The highest BCUT2D eigenvalue weighted by Crippen LogP contribution is 2.34. The van der Waals surface area contributed by atoms with E-state index in [2.05, 4.69) is 5.10 Å². The molecule has 0 bridgehead atoms. The summed E-state index contributed by atoms with van der Waals surface area (Å²) in [7, 11) is 1.66. The molecule has 1 aromatic heterocycles. The van der Waals surface area contributed by atoms with Gasteiger partial charge in [-0.15, -0.1) is 0 Å². The molecule has 0 saturated heterocycles. The van der Waals surface area contributed by atoms with E-state index in [1.165, 1.54) is 16.8 Å². The highest BCUT2D eigenvalue weighted by Gasteiger charge is 2.16. The molecule has 0 aliphatic rings. The highest BCUT2D eigenvalue weighted by molar-refractivity contribution is 6.35. The molecule has 2 N–H and O–H groups in total. The Morgan fingerprint density at radius 1 is 1.31 bits per heavy atom. The lowest BCUT2D eigenvalue weighted by Gasteiger charge is -2.03. The van der Waals surface area contributed by atoms with Crippen molar-refractivity contribution in [3.05, 3.63) is 34.1 Å². The molecule has 84 valence electrons. The number of hydrogen-bond donors (Lipinski definition) is 1. The summed E-state index contributed by atoms with van der Waals surface area (Å²) in [5.41, 5.74) is 6.15. The minimum absolute atomic E-state index is 0.00336. The first-order valence-corrected chi connectivity index (χ1v) is 5.19. The van der Waals surface area contributed by atoms with E-state index in [1.54, 1.807) is 13.1 Å². The lowest BCUT2D eigenvalue weighted by Crippen LogP contribution is -1.96. The number of aryl methyl sites for hydroxylation is 1. The largest absolute Gasteiger partial charge is 0.384 e. The third kappa shape index (κ3) is 1.74. The molecule has 3 nitrogen and oxygen atoms in total. The van der Waals surface area contributed by atoms with E-state index >= 15 is 0 Å². The quantitative estimate of drug-likeness (QED) is 0.800. The van der Waals surface area contributed by atoms with Gasteiger partial charge in [0.05, 0.1) is 21.3 Å². The Hall–Kier alpha value is -1.26. The van der Waals surface area contributed by atoms with Crippen molar-refractivity contribution in [2.45, 2.75) is 0 Å². The zero-order valence-electron chi connectivity index (χ0n) is 8.34. The van der Waals surface area contributed by atoms with Crippen LogP contribution >= 0.6 is 23.2 Å². The molecule has 2 rings (SSSR count). The first-order valence-electron chi connectivity index (χ1n) is 4.44. The van der Waals surface area contributed by atoms with Crippen LogP contribution in [0.15, 0.2) is 18.2 Å². The molecule has 0 unspecified atom stereocenters. The highest BCUT2D eigenvalue weighted by atomic mass is 35.5. The standard InChI is InChI=1S/C10H8Cl2FN3/c1-16-8(14)4-7(15-16)9-5(11)2-3-6(12)10(9)13/h2-4H,14H2,1H3. The number of aromatic nitrogens is 2. The molecular weight excluding hydrogens is 252 g/mol. The van der Waals surface area contributed by atoms with Gasteiger partial charge < -0.3 is 5.73 Å². The molecule has 1 aromatic carbocycles. The third-order valence-corrected chi connectivity index (χ3v) is 2.82. The van der Waals surface area contributed by atoms with Gasteiger partial charge >= 0.3 is 0 Å². The first-order chi connectivity index (χ1) is 7.50. The maximum atomic E-state index is 13.8. The van der Waals surface area contributed by atoms with E-state index in [-0.39, 0.29) is 15.6 Å². The van der Waals surface area contributed by atoms with Crippen molar-refractivity contribution in [3.8, 4) is 11.3 Å². The van der Waals surface area contributed by atoms with Crippen LogP contribution in [0.1, 0.15) is 0 Å². The molecule has 0 spiro atoms. The van der Waals surface area contributed by atoms with Gasteiger partial charge in [0.1, 0.15) is 5.82 Å². The topological polar surface area (TPSA) is 43.8 Å². The number of rotatable bonds is 1. The van der Waals surface area contributed by atoms with E-state index < -0.39 is 5.82 Å². The fraction of sp³-hybridized carbons (Fsp3) is 0.100. The molecule has 0 saturated carbocycles. The van der Waals surface area contributed by atoms with Crippen LogP contribution in [-0.4, -0.2) is 9.78 Å². The van der Waals surface area contributed by atoms with Crippen LogP contribution in [-0.2, 0) is 7.05 Å². The smallest absolute Gasteiger partial charge is 0.152 e. The Kier molecular flexibility index (Phi) is 2.78. The molecule has 0 aliphatic carbocycles. The SMILES string of the molecule is Cn1nc(-c2c(Cl)ccc(Cl)c2F)cc1N. The van der Waals surface area contributed by atoms with E-state index in [9.17, 15) is 4.39 Å². The van der Waals surface area contributed by atoms with Crippen molar-refractivity contribution >= 4 is 29.0 Å². The molecule has 6 heteroatoms. The summed E-state index contributed by atoms with van der Waals surface area (Å²) in [6.45, 7) is 0. The van der Waals surface area contributed by atoms with E-state index in [0.717, 1.165) is 0 Å². The summed E-state index contributed by atoms with van der Waals surface area (Å²) in [5, 5.41) is 4.31. The molecule has 0 atom stereocenters. The predicted molar refractivity (Wildman–Crippen MR) is 63.0 cm³/mol. The zero-order chi connectivity index (χ0) is 11.9. The van der Waals surface area contributed by atoms with E-state index in [4.69, 9.17) is 28.9 Å². The van der Waals surface area contributed by atoms with Gasteiger partial charge in [0.25, 0.3) is 0 Å². The fourth-order valence-electron chi connectivity index (χ4n) is 1.37. The Balaban J connectivity index is 2.68. The zero-order valence-corrected chi connectivity index (χ0v) is 9.85. The second-order valence-corrected chi connectivity index (χ2v) is 4.11. The second kappa shape index (κ2) is 3.96. The second-order valence-electron chi connectivity index (χ2n) is 3.30. The normalized spacial score (nSPS) is 10.8. The lowest BCUT2D eigenvalue weighted by atomic mass is 10.1. The van der Waals surface area contributed by atoms with Gasteiger partial charge in [-0.2, -0.15) is 5.10 Å². The van der Waals surface area contributed by atoms with Gasteiger partial charge in [-0.05, 0) is 12.1 Å². The lowest BCUT2D eigenvalue weighted by molar-refractivity contribution is 0.630.